The van der Waals surface area contributed by atoms with Crippen LogP contribution in [-0.2, 0) is 4.74 Å². The SMILES string of the molecule is COC1CC(C)N(C#N)C1. The van der Waals surface area contributed by atoms with E-state index < -0.39 is 0 Å². The van der Waals surface area contributed by atoms with Gasteiger partial charge in [0.2, 0.25) is 0 Å². The third-order valence-corrected chi connectivity index (χ3v) is 2.00. The number of hydrogen-bond acceptors (Lipinski definition) is 3. The highest BCUT2D eigenvalue weighted by molar-refractivity contribution is 4.90. The highest BCUT2D eigenvalue weighted by atomic mass is 16.5. The normalized spacial score (nSPS) is 32.3. The molecule has 3 nitrogen and oxygen atoms in total. The summed E-state index contributed by atoms with van der Waals surface area (Å²) in [7, 11) is 1.69. The molecule has 1 heterocycles. The van der Waals surface area contributed by atoms with Gasteiger partial charge in [0.05, 0.1) is 12.6 Å². The van der Waals surface area contributed by atoms with E-state index in [1.54, 1.807) is 12.0 Å². The Labute approximate surface area is 61.2 Å². The van der Waals surface area contributed by atoms with E-state index in [1.807, 2.05) is 6.92 Å². The molecule has 0 aromatic heterocycles. The lowest BCUT2D eigenvalue weighted by Gasteiger charge is -2.10. The van der Waals surface area contributed by atoms with Crippen LogP contribution in [0.15, 0.2) is 0 Å². The molecule has 0 aliphatic carbocycles. The van der Waals surface area contributed by atoms with Gasteiger partial charge in [0.15, 0.2) is 6.19 Å². The average Bonchev–Trinajstić information content (AvgIpc) is 2.30. The number of likely N-dealkylation sites (tertiary alicyclic amines) is 1. The molecule has 3 heteroatoms. The summed E-state index contributed by atoms with van der Waals surface area (Å²) in [6.07, 6.45) is 3.37. The van der Waals surface area contributed by atoms with Gasteiger partial charge in [-0.1, -0.05) is 0 Å². The third kappa shape index (κ3) is 1.22. The zero-order valence-electron chi connectivity index (χ0n) is 6.37. The second-order valence-electron chi connectivity index (χ2n) is 2.69. The van der Waals surface area contributed by atoms with E-state index >= 15 is 0 Å². The molecule has 0 N–H and O–H groups in total. The van der Waals surface area contributed by atoms with E-state index in [0.717, 1.165) is 13.0 Å². The Bertz CT molecular complexity index is 152. The molecular formula is C7H12N2O. The number of rotatable bonds is 1. The first kappa shape index (κ1) is 7.36. The molecule has 2 unspecified atom stereocenters. The van der Waals surface area contributed by atoms with Crippen molar-refractivity contribution < 1.29 is 4.74 Å². The monoisotopic (exact) mass is 140 g/mol. The van der Waals surface area contributed by atoms with Crippen LogP contribution < -0.4 is 0 Å². The molecule has 56 valence electrons. The van der Waals surface area contributed by atoms with E-state index in [9.17, 15) is 0 Å². The van der Waals surface area contributed by atoms with Gasteiger partial charge >= 0.3 is 0 Å². The van der Waals surface area contributed by atoms with Crippen LogP contribution >= 0.6 is 0 Å². The molecule has 0 radical (unpaired) electrons. The highest BCUT2D eigenvalue weighted by Gasteiger charge is 2.27. The molecule has 1 fully saturated rings. The van der Waals surface area contributed by atoms with E-state index in [2.05, 4.69) is 6.19 Å². The highest BCUT2D eigenvalue weighted by Crippen LogP contribution is 2.17. The van der Waals surface area contributed by atoms with Gasteiger partial charge in [0.25, 0.3) is 0 Å². The molecule has 0 amide bonds. The molecular weight excluding hydrogens is 128 g/mol. The van der Waals surface area contributed by atoms with E-state index in [-0.39, 0.29) is 6.10 Å². The molecule has 0 saturated carbocycles. The van der Waals surface area contributed by atoms with Crippen LogP contribution in [0.4, 0.5) is 0 Å². The van der Waals surface area contributed by atoms with Crippen LogP contribution in [-0.4, -0.2) is 30.7 Å². The van der Waals surface area contributed by atoms with Crippen LogP contribution in [0.25, 0.3) is 0 Å². The van der Waals surface area contributed by atoms with Crippen molar-refractivity contribution in [2.24, 2.45) is 0 Å². The Morgan fingerprint density at radius 2 is 2.40 bits per heavy atom. The van der Waals surface area contributed by atoms with Gasteiger partial charge in [-0.25, -0.2) is 0 Å². The summed E-state index contributed by atoms with van der Waals surface area (Å²) >= 11 is 0. The standard InChI is InChI=1S/C7H12N2O/c1-6-3-7(10-2)4-9(6)5-8/h6-7H,3-4H2,1-2H3. The molecule has 0 spiro atoms. The van der Waals surface area contributed by atoms with Crippen molar-refractivity contribution in [1.29, 1.82) is 5.26 Å². The van der Waals surface area contributed by atoms with E-state index in [0.29, 0.717) is 6.04 Å². The van der Waals surface area contributed by atoms with Crippen molar-refractivity contribution >= 4 is 0 Å². The van der Waals surface area contributed by atoms with Crippen molar-refractivity contribution in [2.75, 3.05) is 13.7 Å². The molecule has 1 saturated heterocycles. The summed E-state index contributed by atoms with van der Waals surface area (Å²) < 4.78 is 5.12. The van der Waals surface area contributed by atoms with E-state index in [4.69, 9.17) is 10.00 Å². The van der Waals surface area contributed by atoms with Crippen LogP contribution in [0.1, 0.15) is 13.3 Å². The van der Waals surface area contributed by atoms with Crippen molar-refractivity contribution in [1.82, 2.24) is 4.90 Å². The summed E-state index contributed by atoms with van der Waals surface area (Å²) in [6.45, 7) is 2.80. The van der Waals surface area contributed by atoms with Gasteiger partial charge in [-0.05, 0) is 13.3 Å². The Morgan fingerprint density at radius 3 is 2.70 bits per heavy atom. The van der Waals surface area contributed by atoms with Crippen LogP contribution in [0, 0.1) is 11.5 Å². The Balaban J connectivity index is 2.46. The fraction of sp³-hybridized carbons (Fsp3) is 0.857. The zero-order chi connectivity index (χ0) is 7.56. The molecule has 0 aromatic carbocycles. The zero-order valence-corrected chi connectivity index (χ0v) is 6.37. The summed E-state index contributed by atoms with van der Waals surface area (Å²) in [5.74, 6) is 0. The summed E-state index contributed by atoms with van der Waals surface area (Å²) in [4.78, 5) is 1.76. The first-order valence-corrected chi connectivity index (χ1v) is 3.47. The topological polar surface area (TPSA) is 36.3 Å². The van der Waals surface area contributed by atoms with Crippen LogP contribution in [0.5, 0.6) is 0 Å². The second-order valence-corrected chi connectivity index (χ2v) is 2.69. The van der Waals surface area contributed by atoms with Gasteiger partial charge < -0.3 is 9.64 Å². The van der Waals surface area contributed by atoms with Gasteiger partial charge in [-0.15, -0.1) is 0 Å². The van der Waals surface area contributed by atoms with Gasteiger partial charge in [-0.2, -0.15) is 5.26 Å². The van der Waals surface area contributed by atoms with Crippen LogP contribution in [0.2, 0.25) is 0 Å². The molecule has 1 aliphatic heterocycles. The Morgan fingerprint density at radius 1 is 1.70 bits per heavy atom. The lowest BCUT2D eigenvalue weighted by Crippen LogP contribution is -2.21. The smallest absolute Gasteiger partial charge is 0.179 e. The van der Waals surface area contributed by atoms with Gasteiger partial charge in [0, 0.05) is 13.2 Å². The predicted molar refractivity (Wildman–Crippen MR) is 37.2 cm³/mol. The predicted octanol–water partition coefficient (Wildman–Crippen LogP) is 0.577. The largest absolute Gasteiger partial charge is 0.380 e. The maximum absolute atomic E-state index is 8.57. The number of nitriles is 1. The van der Waals surface area contributed by atoms with Crippen LogP contribution in [0.3, 0.4) is 0 Å². The molecule has 1 aliphatic rings. The van der Waals surface area contributed by atoms with Crippen molar-refractivity contribution in [3.63, 3.8) is 0 Å². The first-order chi connectivity index (χ1) is 4.77. The van der Waals surface area contributed by atoms with Gasteiger partial charge in [0.1, 0.15) is 0 Å². The lowest BCUT2D eigenvalue weighted by molar-refractivity contribution is 0.113. The lowest BCUT2D eigenvalue weighted by atomic mass is 10.2. The van der Waals surface area contributed by atoms with Crippen molar-refractivity contribution in [3.05, 3.63) is 0 Å². The summed E-state index contributed by atoms with van der Waals surface area (Å²) in [5.41, 5.74) is 0. The van der Waals surface area contributed by atoms with Gasteiger partial charge in [-0.3, -0.25) is 0 Å². The first-order valence-electron chi connectivity index (χ1n) is 3.47. The Kier molecular flexibility index (Phi) is 2.13. The minimum Gasteiger partial charge on any atom is -0.380 e. The fourth-order valence-electron chi connectivity index (χ4n) is 1.29. The van der Waals surface area contributed by atoms with Crippen molar-refractivity contribution in [2.45, 2.75) is 25.5 Å². The second kappa shape index (κ2) is 2.89. The third-order valence-electron chi connectivity index (χ3n) is 2.00. The molecule has 0 bridgehead atoms. The minimum atomic E-state index is 0.259. The average molecular weight is 140 g/mol. The molecule has 10 heavy (non-hydrogen) atoms. The maximum atomic E-state index is 8.57. The Hall–Kier alpha value is -0.750. The van der Waals surface area contributed by atoms with E-state index in [1.165, 1.54) is 0 Å². The summed E-state index contributed by atoms with van der Waals surface area (Å²) in [5, 5.41) is 8.57. The number of ether oxygens (including phenoxy) is 1. The summed E-state index contributed by atoms with van der Waals surface area (Å²) in [6, 6.07) is 0.356. The number of nitrogens with zero attached hydrogens (tertiary/aromatic N) is 2. The fourth-order valence-corrected chi connectivity index (χ4v) is 1.29. The number of hydrogen-bond donors (Lipinski definition) is 0. The number of methoxy groups -OCH3 is 1. The van der Waals surface area contributed by atoms with Crippen molar-refractivity contribution in [3.8, 4) is 6.19 Å². The quantitative estimate of drug-likeness (QED) is 0.500. The maximum Gasteiger partial charge on any atom is 0.179 e. The molecule has 2 atom stereocenters. The minimum absolute atomic E-state index is 0.259. The molecule has 1 rings (SSSR count). The molecule has 0 aromatic rings.